The zero-order chi connectivity index (χ0) is 13.7. The SMILES string of the molecule is COCCNS(=O)(=O)c1cnn(-c2ccccn2)c1. The molecule has 2 rings (SSSR count). The minimum atomic E-state index is -3.56. The summed E-state index contributed by atoms with van der Waals surface area (Å²) in [7, 11) is -2.05. The Balaban J connectivity index is 2.17. The summed E-state index contributed by atoms with van der Waals surface area (Å²) in [5.41, 5.74) is 0. The quantitative estimate of drug-likeness (QED) is 0.764. The number of aromatic nitrogens is 3. The average molecular weight is 282 g/mol. The standard InChI is InChI=1S/C11H14N4O3S/c1-18-7-6-14-19(16,17)10-8-13-15(9-10)11-4-2-3-5-12-11/h2-5,8-9,14H,6-7H2,1H3. The van der Waals surface area contributed by atoms with Crippen molar-refractivity contribution in [3.8, 4) is 5.82 Å². The van der Waals surface area contributed by atoms with Gasteiger partial charge in [-0.3, -0.25) is 0 Å². The summed E-state index contributed by atoms with van der Waals surface area (Å²) in [5.74, 6) is 0.556. The van der Waals surface area contributed by atoms with Gasteiger partial charge in [-0.2, -0.15) is 5.10 Å². The van der Waals surface area contributed by atoms with Crippen molar-refractivity contribution in [1.29, 1.82) is 0 Å². The van der Waals surface area contributed by atoms with E-state index in [0.29, 0.717) is 12.4 Å². The van der Waals surface area contributed by atoms with Gasteiger partial charge in [0.05, 0.1) is 19.0 Å². The molecule has 2 heterocycles. The molecule has 0 fully saturated rings. The Kier molecular flexibility index (Phi) is 4.25. The third kappa shape index (κ3) is 3.37. The van der Waals surface area contributed by atoms with Crippen LogP contribution in [0.15, 0.2) is 41.7 Å². The molecule has 0 aromatic carbocycles. The fourth-order valence-corrected chi connectivity index (χ4v) is 2.36. The van der Waals surface area contributed by atoms with Gasteiger partial charge in [-0.05, 0) is 12.1 Å². The summed E-state index contributed by atoms with van der Waals surface area (Å²) in [6.45, 7) is 0.529. The van der Waals surface area contributed by atoms with Crippen molar-refractivity contribution in [3.05, 3.63) is 36.8 Å². The number of ether oxygens (including phenoxy) is 1. The Morgan fingerprint density at radius 2 is 2.26 bits per heavy atom. The topological polar surface area (TPSA) is 86.1 Å². The molecule has 1 N–H and O–H groups in total. The number of pyridine rings is 1. The minimum absolute atomic E-state index is 0.0919. The smallest absolute Gasteiger partial charge is 0.243 e. The molecule has 0 saturated heterocycles. The Morgan fingerprint density at radius 1 is 1.42 bits per heavy atom. The van der Waals surface area contributed by atoms with Gasteiger partial charge in [-0.25, -0.2) is 22.8 Å². The van der Waals surface area contributed by atoms with E-state index in [1.54, 1.807) is 24.4 Å². The summed E-state index contributed by atoms with van der Waals surface area (Å²) in [4.78, 5) is 4.18. The van der Waals surface area contributed by atoms with Gasteiger partial charge in [-0.15, -0.1) is 0 Å². The van der Waals surface area contributed by atoms with Gasteiger partial charge >= 0.3 is 0 Å². The molecule has 2 aromatic heterocycles. The third-order valence-corrected chi connectivity index (χ3v) is 3.77. The van der Waals surface area contributed by atoms with Crippen LogP contribution in [0.4, 0.5) is 0 Å². The predicted molar refractivity (Wildman–Crippen MR) is 68.4 cm³/mol. The Labute approximate surface area is 111 Å². The molecule has 0 atom stereocenters. The maximum absolute atomic E-state index is 11.9. The molecule has 0 aliphatic rings. The summed E-state index contributed by atoms with van der Waals surface area (Å²) in [6.07, 6.45) is 4.31. The molecule has 0 spiro atoms. The van der Waals surface area contributed by atoms with Crippen LogP contribution in [0.25, 0.3) is 5.82 Å². The van der Waals surface area contributed by atoms with Crippen LogP contribution in [-0.2, 0) is 14.8 Å². The van der Waals surface area contributed by atoms with Gasteiger partial charge in [0.25, 0.3) is 0 Å². The van der Waals surface area contributed by atoms with Crippen LogP contribution in [0.3, 0.4) is 0 Å². The molecule has 0 aliphatic heterocycles. The fourth-order valence-electron chi connectivity index (χ4n) is 1.42. The minimum Gasteiger partial charge on any atom is -0.383 e. The van der Waals surface area contributed by atoms with Crippen LogP contribution in [0.2, 0.25) is 0 Å². The molecule has 0 aliphatic carbocycles. The van der Waals surface area contributed by atoms with Crippen LogP contribution in [0.1, 0.15) is 0 Å². The lowest BCUT2D eigenvalue weighted by Crippen LogP contribution is -2.26. The van der Waals surface area contributed by atoms with E-state index in [4.69, 9.17) is 4.74 Å². The van der Waals surface area contributed by atoms with E-state index in [0.717, 1.165) is 0 Å². The third-order valence-electron chi connectivity index (χ3n) is 2.35. The van der Waals surface area contributed by atoms with Gasteiger partial charge in [0, 0.05) is 19.9 Å². The monoisotopic (exact) mass is 282 g/mol. The Bertz CT molecular complexity index is 624. The van der Waals surface area contributed by atoms with Gasteiger partial charge in [0.15, 0.2) is 5.82 Å². The highest BCUT2D eigenvalue weighted by molar-refractivity contribution is 7.89. The van der Waals surface area contributed by atoms with E-state index in [1.165, 1.54) is 24.2 Å². The summed E-state index contributed by atoms with van der Waals surface area (Å²) >= 11 is 0. The molecule has 7 nitrogen and oxygen atoms in total. The van der Waals surface area contributed by atoms with E-state index >= 15 is 0 Å². The fraction of sp³-hybridized carbons (Fsp3) is 0.273. The maximum Gasteiger partial charge on any atom is 0.243 e. The molecule has 0 amide bonds. The molecule has 0 radical (unpaired) electrons. The number of rotatable bonds is 6. The molecule has 0 unspecified atom stereocenters. The predicted octanol–water partition coefficient (Wildman–Crippen LogP) is 0.192. The van der Waals surface area contributed by atoms with Crippen LogP contribution in [-0.4, -0.2) is 43.4 Å². The summed E-state index contributed by atoms with van der Waals surface area (Å²) < 4.78 is 32.4. The van der Waals surface area contributed by atoms with Crippen molar-refractivity contribution >= 4 is 10.0 Å². The number of sulfonamides is 1. The zero-order valence-corrected chi connectivity index (χ0v) is 11.2. The number of nitrogens with zero attached hydrogens (tertiary/aromatic N) is 3. The highest BCUT2D eigenvalue weighted by Crippen LogP contribution is 2.09. The number of nitrogens with one attached hydrogen (secondary N) is 1. The second kappa shape index (κ2) is 5.91. The summed E-state index contributed by atoms with van der Waals surface area (Å²) in [5, 5.41) is 3.98. The first-order valence-electron chi connectivity index (χ1n) is 5.58. The van der Waals surface area contributed by atoms with Crippen molar-refractivity contribution in [3.63, 3.8) is 0 Å². The van der Waals surface area contributed by atoms with Crippen LogP contribution >= 0.6 is 0 Å². The van der Waals surface area contributed by atoms with E-state index in [9.17, 15) is 8.42 Å². The lowest BCUT2D eigenvalue weighted by molar-refractivity contribution is 0.204. The van der Waals surface area contributed by atoms with Crippen molar-refractivity contribution in [1.82, 2.24) is 19.5 Å². The first-order valence-corrected chi connectivity index (χ1v) is 7.06. The van der Waals surface area contributed by atoms with E-state index < -0.39 is 10.0 Å². The lowest BCUT2D eigenvalue weighted by atomic mass is 10.5. The molecule has 19 heavy (non-hydrogen) atoms. The molecule has 8 heteroatoms. The number of hydrogen-bond acceptors (Lipinski definition) is 5. The highest BCUT2D eigenvalue weighted by Gasteiger charge is 2.16. The largest absolute Gasteiger partial charge is 0.383 e. The molecule has 0 bridgehead atoms. The molecular weight excluding hydrogens is 268 g/mol. The normalized spacial score (nSPS) is 11.6. The van der Waals surface area contributed by atoms with Crippen molar-refractivity contribution < 1.29 is 13.2 Å². The van der Waals surface area contributed by atoms with E-state index in [1.807, 2.05) is 0 Å². The van der Waals surface area contributed by atoms with Crippen molar-refractivity contribution in [2.75, 3.05) is 20.3 Å². The Morgan fingerprint density at radius 3 is 2.95 bits per heavy atom. The summed E-state index contributed by atoms with van der Waals surface area (Å²) in [6, 6.07) is 5.31. The zero-order valence-electron chi connectivity index (χ0n) is 10.4. The second-order valence-corrected chi connectivity index (χ2v) is 5.47. The van der Waals surface area contributed by atoms with E-state index in [-0.39, 0.29) is 11.4 Å². The van der Waals surface area contributed by atoms with Gasteiger partial charge in [-0.1, -0.05) is 6.07 Å². The molecular formula is C11H14N4O3S. The van der Waals surface area contributed by atoms with Crippen LogP contribution in [0, 0.1) is 0 Å². The molecule has 2 aromatic rings. The second-order valence-electron chi connectivity index (χ2n) is 3.70. The van der Waals surface area contributed by atoms with Crippen LogP contribution in [0.5, 0.6) is 0 Å². The van der Waals surface area contributed by atoms with Gasteiger partial charge in [0.2, 0.25) is 10.0 Å². The maximum atomic E-state index is 11.9. The molecule has 102 valence electrons. The van der Waals surface area contributed by atoms with Gasteiger partial charge in [0.1, 0.15) is 4.90 Å². The van der Waals surface area contributed by atoms with Crippen LogP contribution < -0.4 is 4.72 Å². The average Bonchev–Trinajstić information content (AvgIpc) is 2.90. The van der Waals surface area contributed by atoms with Crippen molar-refractivity contribution in [2.45, 2.75) is 4.90 Å². The highest BCUT2D eigenvalue weighted by atomic mass is 32.2. The van der Waals surface area contributed by atoms with Gasteiger partial charge < -0.3 is 4.74 Å². The first kappa shape index (κ1) is 13.7. The first-order chi connectivity index (χ1) is 9.13. The molecule has 0 saturated carbocycles. The Hall–Kier alpha value is -1.77. The number of hydrogen-bond donors (Lipinski definition) is 1. The van der Waals surface area contributed by atoms with E-state index in [2.05, 4.69) is 14.8 Å². The van der Waals surface area contributed by atoms with Crippen molar-refractivity contribution in [2.24, 2.45) is 0 Å². The number of methoxy groups -OCH3 is 1. The lowest BCUT2D eigenvalue weighted by Gasteiger charge is -2.03.